The van der Waals surface area contributed by atoms with Crippen molar-refractivity contribution in [1.82, 2.24) is 4.90 Å². The summed E-state index contributed by atoms with van der Waals surface area (Å²) in [5, 5.41) is 0. The van der Waals surface area contributed by atoms with E-state index in [1.807, 2.05) is 31.3 Å². The number of hydrogen-bond donors (Lipinski definition) is 1. The van der Waals surface area contributed by atoms with Crippen LogP contribution in [0.1, 0.15) is 24.8 Å². The van der Waals surface area contributed by atoms with Gasteiger partial charge in [0.1, 0.15) is 5.75 Å². The molecule has 2 rings (SSSR count). The van der Waals surface area contributed by atoms with Gasteiger partial charge in [0.2, 0.25) is 5.91 Å². The van der Waals surface area contributed by atoms with Crippen LogP contribution in [0.15, 0.2) is 24.3 Å². The van der Waals surface area contributed by atoms with Crippen LogP contribution >= 0.6 is 0 Å². The number of carbonyl (C=O) groups excluding carboxylic acids is 1. The molecule has 1 amide bonds. The molecule has 0 spiro atoms. The number of ether oxygens (including phenoxy) is 1. The van der Waals surface area contributed by atoms with Crippen LogP contribution in [0.25, 0.3) is 0 Å². The van der Waals surface area contributed by atoms with E-state index in [-0.39, 0.29) is 17.9 Å². The first-order valence-electron chi connectivity index (χ1n) is 6.75. The topological polar surface area (TPSA) is 55.6 Å². The number of amides is 1. The SMILES string of the molecule is COc1ccc(CN(C)C(=O)C2CCCC2N)cc1. The largest absolute Gasteiger partial charge is 0.497 e. The summed E-state index contributed by atoms with van der Waals surface area (Å²) in [4.78, 5) is 14.1. The van der Waals surface area contributed by atoms with Crippen LogP contribution in [0.3, 0.4) is 0 Å². The highest BCUT2D eigenvalue weighted by Gasteiger charge is 2.32. The molecule has 0 heterocycles. The molecule has 19 heavy (non-hydrogen) atoms. The highest BCUT2D eigenvalue weighted by molar-refractivity contribution is 5.79. The zero-order valence-electron chi connectivity index (χ0n) is 11.6. The molecule has 1 aliphatic rings. The molecule has 1 aromatic carbocycles. The summed E-state index contributed by atoms with van der Waals surface area (Å²) in [6.45, 7) is 0.617. The van der Waals surface area contributed by atoms with Crippen molar-refractivity contribution < 1.29 is 9.53 Å². The minimum absolute atomic E-state index is 0.00301. The molecule has 0 radical (unpaired) electrons. The number of benzene rings is 1. The normalized spacial score (nSPS) is 22.3. The maximum Gasteiger partial charge on any atom is 0.227 e. The smallest absolute Gasteiger partial charge is 0.227 e. The lowest BCUT2D eigenvalue weighted by Crippen LogP contribution is -2.39. The Bertz CT molecular complexity index is 430. The molecule has 4 heteroatoms. The first-order valence-corrected chi connectivity index (χ1v) is 6.75. The standard InChI is InChI=1S/C15H22N2O2/c1-17(15(18)13-4-3-5-14(13)16)10-11-6-8-12(19-2)9-7-11/h6-9,13-14H,3-5,10,16H2,1-2H3. The Labute approximate surface area is 114 Å². The van der Waals surface area contributed by atoms with Gasteiger partial charge < -0.3 is 15.4 Å². The van der Waals surface area contributed by atoms with Crippen molar-refractivity contribution in [2.45, 2.75) is 31.8 Å². The summed E-state index contributed by atoms with van der Waals surface area (Å²) in [7, 11) is 3.49. The number of nitrogens with zero attached hydrogens (tertiary/aromatic N) is 1. The third-order valence-electron chi connectivity index (χ3n) is 3.84. The minimum Gasteiger partial charge on any atom is -0.497 e. The molecule has 0 bridgehead atoms. The molecular formula is C15H22N2O2. The van der Waals surface area contributed by atoms with Gasteiger partial charge in [0.15, 0.2) is 0 Å². The van der Waals surface area contributed by atoms with Gasteiger partial charge in [-0.1, -0.05) is 18.6 Å². The zero-order chi connectivity index (χ0) is 13.8. The third-order valence-corrected chi connectivity index (χ3v) is 3.84. The Morgan fingerprint density at radius 1 is 1.37 bits per heavy atom. The van der Waals surface area contributed by atoms with Gasteiger partial charge in [-0.25, -0.2) is 0 Å². The van der Waals surface area contributed by atoms with Crippen LogP contribution in [0.2, 0.25) is 0 Å². The minimum atomic E-state index is 0.00301. The number of carbonyl (C=O) groups is 1. The molecule has 0 saturated heterocycles. The molecular weight excluding hydrogens is 240 g/mol. The van der Waals surface area contributed by atoms with Crippen molar-refractivity contribution in [1.29, 1.82) is 0 Å². The number of nitrogens with two attached hydrogens (primary N) is 1. The predicted octanol–water partition coefficient (Wildman–Crippen LogP) is 1.78. The first kappa shape index (κ1) is 13.9. The molecule has 1 aliphatic carbocycles. The molecule has 1 fully saturated rings. The number of hydrogen-bond acceptors (Lipinski definition) is 3. The zero-order valence-corrected chi connectivity index (χ0v) is 11.6. The highest BCUT2D eigenvalue weighted by Crippen LogP contribution is 2.26. The van der Waals surface area contributed by atoms with Crippen LogP contribution in [0, 0.1) is 5.92 Å². The summed E-state index contributed by atoms with van der Waals surface area (Å²) in [6, 6.07) is 7.82. The lowest BCUT2D eigenvalue weighted by molar-refractivity contribution is -0.134. The summed E-state index contributed by atoms with van der Waals surface area (Å²) in [5.74, 6) is 1.000. The van der Waals surface area contributed by atoms with E-state index < -0.39 is 0 Å². The molecule has 2 N–H and O–H groups in total. The maximum atomic E-state index is 12.3. The van der Waals surface area contributed by atoms with Gasteiger partial charge in [0.05, 0.1) is 13.0 Å². The second-order valence-corrected chi connectivity index (χ2v) is 5.24. The van der Waals surface area contributed by atoms with Gasteiger partial charge in [0, 0.05) is 19.6 Å². The van der Waals surface area contributed by atoms with E-state index in [2.05, 4.69) is 0 Å². The van der Waals surface area contributed by atoms with Crippen molar-refractivity contribution >= 4 is 5.91 Å². The summed E-state index contributed by atoms with van der Waals surface area (Å²) >= 11 is 0. The molecule has 0 aliphatic heterocycles. The Morgan fingerprint density at radius 2 is 2.05 bits per heavy atom. The average Bonchev–Trinajstić information content (AvgIpc) is 2.85. The fourth-order valence-corrected chi connectivity index (χ4v) is 2.66. The second-order valence-electron chi connectivity index (χ2n) is 5.24. The van der Waals surface area contributed by atoms with Crippen molar-refractivity contribution in [3.63, 3.8) is 0 Å². The van der Waals surface area contributed by atoms with E-state index in [0.29, 0.717) is 6.54 Å². The van der Waals surface area contributed by atoms with E-state index in [1.165, 1.54) is 0 Å². The molecule has 2 unspecified atom stereocenters. The Hall–Kier alpha value is -1.55. The van der Waals surface area contributed by atoms with Crippen LogP contribution in [0.4, 0.5) is 0 Å². The maximum absolute atomic E-state index is 12.3. The molecule has 104 valence electrons. The van der Waals surface area contributed by atoms with Crippen LogP contribution in [-0.2, 0) is 11.3 Å². The van der Waals surface area contributed by atoms with Crippen molar-refractivity contribution in [2.24, 2.45) is 11.7 Å². The van der Waals surface area contributed by atoms with E-state index >= 15 is 0 Å². The molecule has 2 atom stereocenters. The van der Waals surface area contributed by atoms with Crippen molar-refractivity contribution in [2.75, 3.05) is 14.2 Å². The Kier molecular flexibility index (Phi) is 4.43. The molecule has 1 saturated carbocycles. The fourth-order valence-electron chi connectivity index (χ4n) is 2.66. The van der Waals surface area contributed by atoms with Crippen molar-refractivity contribution in [3.8, 4) is 5.75 Å². The quantitative estimate of drug-likeness (QED) is 0.900. The first-order chi connectivity index (χ1) is 9.11. The number of methoxy groups -OCH3 is 1. The van der Waals surface area contributed by atoms with Gasteiger partial charge in [-0.15, -0.1) is 0 Å². The van der Waals surface area contributed by atoms with Gasteiger partial charge in [-0.05, 0) is 30.5 Å². The molecule has 4 nitrogen and oxygen atoms in total. The fraction of sp³-hybridized carbons (Fsp3) is 0.533. The summed E-state index contributed by atoms with van der Waals surface area (Å²) in [6.07, 6.45) is 2.95. The monoisotopic (exact) mass is 262 g/mol. The lowest BCUT2D eigenvalue weighted by Gasteiger charge is -2.23. The van der Waals surface area contributed by atoms with E-state index in [4.69, 9.17) is 10.5 Å². The Morgan fingerprint density at radius 3 is 2.58 bits per heavy atom. The van der Waals surface area contributed by atoms with Gasteiger partial charge in [0.25, 0.3) is 0 Å². The Balaban J connectivity index is 1.95. The van der Waals surface area contributed by atoms with E-state index in [0.717, 1.165) is 30.6 Å². The molecule has 0 aromatic heterocycles. The van der Waals surface area contributed by atoms with E-state index in [1.54, 1.807) is 12.0 Å². The van der Waals surface area contributed by atoms with E-state index in [9.17, 15) is 4.79 Å². The summed E-state index contributed by atoms with van der Waals surface area (Å²) in [5.41, 5.74) is 7.09. The van der Waals surface area contributed by atoms with Gasteiger partial charge in [-0.2, -0.15) is 0 Å². The summed E-state index contributed by atoms with van der Waals surface area (Å²) < 4.78 is 5.12. The van der Waals surface area contributed by atoms with Gasteiger partial charge in [-0.3, -0.25) is 4.79 Å². The third kappa shape index (κ3) is 3.26. The van der Waals surface area contributed by atoms with Gasteiger partial charge >= 0.3 is 0 Å². The molecule has 1 aromatic rings. The number of rotatable bonds is 4. The lowest BCUT2D eigenvalue weighted by atomic mass is 10.0. The second kappa shape index (κ2) is 6.06. The van der Waals surface area contributed by atoms with Crippen LogP contribution < -0.4 is 10.5 Å². The highest BCUT2D eigenvalue weighted by atomic mass is 16.5. The predicted molar refractivity (Wildman–Crippen MR) is 74.8 cm³/mol. The van der Waals surface area contributed by atoms with Crippen molar-refractivity contribution in [3.05, 3.63) is 29.8 Å². The van der Waals surface area contributed by atoms with Crippen LogP contribution in [-0.4, -0.2) is 31.0 Å². The average molecular weight is 262 g/mol. The van der Waals surface area contributed by atoms with Crippen LogP contribution in [0.5, 0.6) is 5.75 Å².